The van der Waals surface area contributed by atoms with Gasteiger partial charge in [-0.15, -0.1) is 0 Å². The number of carbonyl (C=O) groups excluding carboxylic acids is 1. The molecule has 1 amide bonds. The quantitative estimate of drug-likeness (QED) is 0.225. The highest BCUT2D eigenvalue weighted by atomic mass is 16.5. The molecule has 12 heteroatoms. The number of rotatable bonds is 11. The van der Waals surface area contributed by atoms with Crippen LogP contribution in [0.3, 0.4) is 0 Å². The van der Waals surface area contributed by atoms with Gasteiger partial charge in [-0.2, -0.15) is 0 Å². The fraction of sp³-hybridized carbons (Fsp3) is 0.412. The van der Waals surface area contributed by atoms with Crippen LogP contribution in [0.2, 0.25) is 0 Å². The van der Waals surface area contributed by atoms with Gasteiger partial charge in [0.25, 0.3) is 5.91 Å². The van der Waals surface area contributed by atoms with Crippen LogP contribution in [0.25, 0.3) is 0 Å². The maximum Gasteiger partial charge on any atom is 0.251 e. The molecule has 0 saturated carbocycles. The molecule has 46 heavy (non-hydrogen) atoms. The minimum Gasteiger partial charge on any atom is -0.486 e. The van der Waals surface area contributed by atoms with Crippen LogP contribution in [0.4, 0.5) is 17.3 Å². The van der Waals surface area contributed by atoms with Crippen LogP contribution in [0.1, 0.15) is 45.8 Å². The number of benzene rings is 1. The molecule has 3 aromatic heterocycles. The first-order valence-corrected chi connectivity index (χ1v) is 15.9. The number of pyridine rings is 2. The van der Waals surface area contributed by atoms with E-state index in [1.54, 1.807) is 18.5 Å². The number of hydrogen-bond donors (Lipinski definition) is 3. The van der Waals surface area contributed by atoms with Crippen LogP contribution in [-0.2, 0) is 24.3 Å². The molecule has 2 fully saturated rings. The molecule has 240 valence electrons. The van der Waals surface area contributed by atoms with Gasteiger partial charge in [-0.05, 0) is 73.7 Å². The molecule has 2 unspecified atom stereocenters. The Hall–Kier alpha value is -4.52. The standard InChI is InChI=1S/C34H39N7O5/c1-22-31(46-21-37-22)20-45-30-7-4-24-16-40(10-8-23(24)11-30)17-29(42)15-36-34(43)25-12-32(38-26-3-2-9-35-14-26)39-33(13-25)41-27-5-6-28(41)19-44-18-27/h2-4,7,9,11-14,21,27-29,42H,5-6,8,10,15-20H2,1H3,(H,36,43)(H,38,39)/t27?,28?,29-/m0/s1. The lowest BCUT2D eigenvalue weighted by Crippen LogP contribution is -2.46. The predicted octanol–water partition coefficient (Wildman–Crippen LogP) is 3.61. The van der Waals surface area contributed by atoms with Gasteiger partial charge in [-0.1, -0.05) is 6.07 Å². The minimum atomic E-state index is -0.720. The number of hydrogen-bond acceptors (Lipinski definition) is 11. The first kappa shape index (κ1) is 30.2. The van der Waals surface area contributed by atoms with Crippen molar-refractivity contribution in [3.05, 3.63) is 89.4 Å². The number of oxazole rings is 1. The molecule has 1 aromatic carbocycles. The molecule has 2 saturated heterocycles. The molecule has 3 aliphatic heterocycles. The van der Waals surface area contributed by atoms with Crippen molar-refractivity contribution < 1.29 is 23.8 Å². The average molecular weight is 626 g/mol. The van der Waals surface area contributed by atoms with Gasteiger partial charge >= 0.3 is 0 Å². The Balaban J connectivity index is 0.963. The third kappa shape index (κ3) is 6.84. The molecule has 0 aliphatic carbocycles. The maximum atomic E-state index is 13.4. The lowest BCUT2D eigenvalue weighted by molar-refractivity contribution is 0.0841. The van der Waals surface area contributed by atoms with Crippen molar-refractivity contribution in [3.8, 4) is 5.75 Å². The van der Waals surface area contributed by atoms with E-state index in [9.17, 15) is 9.90 Å². The van der Waals surface area contributed by atoms with Crippen molar-refractivity contribution in [1.29, 1.82) is 0 Å². The summed E-state index contributed by atoms with van der Waals surface area (Å²) in [7, 11) is 0. The van der Waals surface area contributed by atoms with Gasteiger partial charge in [0.05, 0.1) is 49.0 Å². The topological polar surface area (TPSA) is 138 Å². The van der Waals surface area contributed by atoms with E-state index >= 15 is 0 Å². The molecule has 7 rings (SSSR count). The number of ether oxygens (including phenoxy) is 2. The number of anilines is 3. The summed E-state index contributed by atoms with van der Waals surface area (Å²) < 4.78 is 17.1. The first-order chi connectivity index (χ1) is 22.5. The molecule has 0 radical (unpaired) electrons. The Labute approximate surface area is 267 Å². The molecule has 0 spiro atoms. The smallest absolute Gasteiger partial charge is 0.251 e. The van der Waals surface area contributed by atoms with Crippen molar-refractivity contribution in [2.75, 3.05) is 43.1 Å². The second-order valence-corrected chi connectivity index (χ2v) is 12.2. The number of morpholine rings is 1. The third-order valence-electron chi connectivity index (χ3n) is 8.96. The van der Waals surface area contributed by atoms with Crippen molar-refractivity contribution in [3.63, 3.8) is 0 Å². The zero-order valence-corrected chi connectivity index (χ0v) is 25.9. The van der Waals surface area contributed by atoms with Crippen LogP contribution in [0.15, 0.2) is 65.7 Å². The zero-order valence-electron chi connectivity index (χ0n) is 25.9. The Morgan fingerprint density at radius 3 is 2.80 bits per heavy atom. The van der Waals surface area contributed by atoms with Crippen LogP contribution >= 0.6 is 0 Å². The molecule has 4 aromatic rings. The van der Waals surface area contributed by atoms with Crippen molar-refractivity contribution in [2.24, 2.45) is 0 Å². The van der Waals surface area contributed by atoms with E-state index in [-0.39, 0.29) is 24.5 Å². The second kappa shape index (κ2) is 13.5. The summed E-state index contributed by atoms with van der Waals surface area (Å²) >= 11 is 0. The average Bonchev–Trinajstić information content (AvgIpc) is 3.60. The summed E-state index contributed by atoms with van der Waals surface area (Å²) in [6.45, 7) is 5.68. The van der Waals surface area contributed by atoms with Crippen LogP contribution < -0.4 is 20.3 Å². The van der Waals surface area contributed by atoms with E-state index in [0.717, 1.165) is 61.1 Å². The molecule has 6 heterocycles. The third-order valence-corrected chi connectivity index (χ3v) is 8.96. The Morgan fingerprint density at radius 1 is 1.15 bits per heavy atom. The summed E-state index contributed by atoms with van der Waals surface area (Å²) in [5.74, 6) is 2.58. The van der Waals surface area contributed by atoms with Crippen LogP contribution in [0, 0.1) is 6.92 Å². The predicted molar refractivity (Wildman–Crippen MR) is 171 cm³/mol. The highest BCUT2D eigenvalue weighted by Gasteiger charge is 2.38. The summed E-state index contributed by atoms with van der Waals surface area (Å²) in [5.41, 5.74) is 4.55. The number of aliphatic hydroxyl groups is 1. The number of β-amino-alcohol motifs (C(OH)–C–C–N with tert-alkyl or cyclic N) is 1. The molecule has 3 N–H and O–H groups in total. The van der Waals surface area contributed by atoms with Crippen molar-refractivity contribution in [1.82, 2.24) is 25.2 Å². The lowest BCUT2D eigenvalue weighted by Gasteiger charge is -2.36. The molecule has 12 nitrogen and oxygen atoms in total. The Morgan fingerprint density at radius 2 is 2.02 bits per heavy atom. The molecule has 3 aliphatic rings. The van der Waals surface area contributed by atoms with Crippen LogP contribution in [0.5, 0.6) is 5.75 Å². The van der Waals surface area contributed by atoms with Crippen LogP contribution in [-0.4, -0.2) is 81.9 Å². The summed E-state index contributed by atoms with van der Waals surface area (Å²) in [6, 6.07) is 14.0. The van der Waals surface area contributed by atoms with E-state index in [2.05, 4.69) is 42.5 Å². The highest BCUT2D eigenvalue weighted by molar-refractivity contribution is 5.96. The maximum absolute atomic E-state index is 13.4. The summed E-state index contributed by atoms with van der Waals surface area (Å²) in [5, 5.41) is 17.2. The lowest BCUT2D eigenvalue weighted by atomic mass is 9.99. The van der Waals surface area contributed by atoms with Gasteiger partial charge in [0.15, 0.2) is 12.2 Å². The van der Waals surface area contributed by atoms with E-state index in [1.165, 1.54) is 17.5 Å². The highest BCUT2D eigenvalue weighted by Crippen LogP contribution is 2.34. The monoisotopic (exact) mass is 625 g/mol. The SMILES string of the molecule is Cc1ncoc1COc1ccc2c(c1)CCN(C[C@@H](O)CNC(=O)c1cc(Nc3cccnc3)nc(N3C4CCC3COC4)c1)C2. The number of aryl methyl sites for hydroxylation is 1. The fourth-order valence-electron chi connectivity index (χ4n) is 6.55. The van der Waals surface area contributed by atoms with Crippen molar-refractivity contribution >= 4 is 23.2 Å². The Bertz CT molecular complexity index is 1650. The van der Waals surface area contributed by atoms with Gasteiger partial charge in [-0.3, -0.25) is 14.7 Å². The Kier molecular flexibility index (Phi) is 8.82. The summed E-state index contributed by atoms with van der Waals surface area (Å²) in [4.78, 5) is 31.1. The first-order valence-electron chi connectivity index (χ1n) is 15.9. The normalized spacial score (nSPS) is 19.8. The number of aromatic nitrogens is 3. The molecule has 3 atom stereocenters. The molecule has 2 bridgehead atoms. The van der Waals surface area contributed by atoms with Crippen molar-refractivity contribution in [2.45, 2.75) is 57.5 Å². The van der Waals surface area contributed by atoms with E-state index in [1.807, 2.05) is 31.2 Å². The van der Waals surface area contributed by atoms with Gasteiger partial charge in [0, 0.05) is 37.9 Å². The van der Waals surface area contributed by atoms with Gasteiger partial charge in [-0.25, -0.2) is 9.97 Å². The van der Waals surface area contributed by atoms with Gasteiger partial charge in [0.2, 0.25) is 0 Å². The number of amides is 1. The number of carbonyl (C=O) groups is 1. The van der Waals surface area contributed by atoms with E-state index in [0.29, 0.717) is 37.7 Å². The molecular formula is C34H39N7O5. The fourth-order valence-corrected chi connectivity index (χ4v) is 6.55. The number of fused-ring (bicyclic) bond motifs is 3. The largest absolute Gasteiger partial charge is 0.486 e. The number of aliphatic hydroxyl groups excluding tert-OH is 1. The minimum absolute atomic E-state index is 0.141. The second-order valence-electron chi connectivity index (χ2n) is 12.2. The van der Waals surface area contributed by atoms with Gasteiger partial charge < -0.3 is 34.5 Å². The molecular weight excluding hydrogens is 586 g/mol. The number of nitrogens with zero attached hydrogens (tertiary/aromatic N) is 5. The zero-order chi connectivity index (χ0) is 31.5. The number of nitrogens with one attached hydrogen (secondary N) is 2. The van der Waals surface area contributed by atoms with E-state index in [4.69, 9.17) is 18.9 Å². The van der Waals surface area contributed by atoms with E-state index < -0.39 is 6.10 Å². The van der Waals surface area contributed by atoms with Gasteiger partial charge in [0.1, 0.15) is 24.0 Å². The summed E-state index contributed by atoms with van der Waals surface area (Å²) in [6.07, 6.45) is 7.07.